The Labute approximate surface area is 102 Å². The van der Waals surface area contributed by atoms with E-state index in [9.17, 15) is 4.39 Å². The lowest BCUT2D eigenvalue weighted by Crippen LogP contribution is -2.34. The number of rotatable bonds is 4. The molecule has 0 atom stereocenters. The summed E-state index contributed by atoms with van der Waals surface area (Å²) in [6.07, 6.45) is 6.40. The normalized spacial score (nSPS) is 16.4. The van der Waals surface area contributed by atoms with Crippen LogP contribution in [-0.2, 0) is 6.54 Å². The van der Waals surface area contributed by atoms with Crippen LogP contribution in [-0.4, -0.2) is 17.6 Å². The van der Waals surface area contributed by atoms with Crippen molar-refractivity contribution in [1.82, 2.24) is 4.98 Å². The van der Waals surface area contributed by atoms with E-state index in [4.69, 9.17) is 5.73 Å². The molecule has 1 heterocycles. The van der Waals surface area contributed by atoms with E-state index in [0.29, 0.717) is 17.4 Å². The molecular weight excluding hydrogens is 217 g/mol. The summed E-state index contributed by atoms with van der Waals surface area (Å²) in [6, 6.07) is 2.09. The molecule has 1 saturated carbocycles. The minimum absolute atomic E-state index is 0.226. The van der Waals surface area contributed by atoms with Gasteiger partial charge in [-0.25, -0.2) is 9.37 Å². The van der Waals surface area contributed by atoms with Crippen LogP contribution in [0.3, 0.4) is 0 Å². The maximum atomic E-state index is 14.2. The van der Waals surface area contributed by atoms with E-state index in [0.717, 1.165) is 19.4 Å². The van der Waals surface area contributed by atoms with Gasteiger partial charge in [0.1, 0.15) is 0 Å². The Morgan fingerprint density at radius 1 is 1.47 bits per heavy atom. The maximum absolute atomic E-state index is 14.2. The van der Waals surface area contributed by atoms with Gasteiger partial charge >= 0.3 is 0 Å². The number of aromatic nitrogens is 1. The van der Waals surface area contributed by atoms with Gasteiger partial charge in [-0.3, -0.25) is 0 Å². The monoisotopic (exact) mass is 237 g/mol. The fourth-order valence-electron chi connectivity index (χ4n) is 2.63. The number of hydrogen-bond acceptors (Lipinski definition) is 3. The largest absolute Gasteiger partial charge is 0.351 e. The van der Waals surface area contributed by atoms with Gasteiger partial charge in [0.15, 0.2) is 11.6 Å². The number of anilines is 1. The lowest BCUT2D eigenvalue weighted by atomic mass is 10.2. The molecule has 17 heavy (non-hydrogen) atoms. The maximum Gasteiger partial charge on any atom is 0.170 e. The Hall–Kier alpha value is -1.16. The highest BCUT2D eigenvalue weighted by atomic mass is 19.1. The summed E-state index contributed by atoms with van der Waals surface area (Å²) in [5.41, 5.74) is 6.08. The predicted molar refractivity (Wildman–Crippen MR) is 67.4 cm³/mol. The second-order valence-corrected chi connectivity index (χ2v) is 4.54. The van der Waals surface area contributed by atoms with E-state index in [1.807, 2.05) is 0 Å². The molecule has 1 aliphatic rings. The number of halogens is 1. The highest BCUT2D eigenvalue weighted by Crippen LogP contribution is 2.29. The second-order valence-electron chi connectivity index (χ2n) is 4.54. The fourth-order valence-corrected chi connectivity index (χ4v) is 2.63. The van der Waals surface area contributed by atoms with Crippen molar-refractivity contribution in [3.05, 3.63) is 23.6 Å². The molecule has 0 bridgehead atoms. The SMILES string of the molecule is CCN(c1nccc(CN)c1F)C1CCCC1. The minimum atomic E-state index is -0.247. The third kappa shape index (κ3) is 2.41. The summed E-state index contributed by atoms with van der Waals surface area (Å²) < 4.78 is 14.2. The molecule has 0 radical (unpaired) electrons. The first kappa shape index (κ1) is 12.3. The first-order valence-electron chi connectivity index (χ1n) is 6.38. The van der Waals surface area contributed by atoms with Crippen molar-refractivity contribution < 1.29 is 4.39 Å². The van der Waals surface area contributed by atoms with Crippen molar-refractivity contribution >= 4 is 5.82 Å². The average molecular weight is 237 g/mol. The van der Waals surface area contributed by atoms with Gasteiger partial charge in [-0.1, -0.05) is 12.8 Å². The smallest absolute Gasteiger partial charge is 0.170 e. The van der Waals surface area contributed by atoms with E-state index >= 15 is 0 Å². The zero-order valence-corrected chi connectivity index (χ0v) is 10.3. The minimum Gasteiger partial charge on any atom is -0.351 e. The molecule has 1 fully saturated rings. The van der Waals surface area contributed by atoms with Crippen molar-refractivity contribution in [2.24, 2.45) is 5.73 Å². The van der Waals surface area contributed by atoms with Crippen LogP contribution in [0.25, 0.3) is 0 Å². The van der Waals surface area contributed by atoms with E-state index in [1.165, 1.54) is 12.8 Å². The Bertz CT molecular complexity index is 375. The first-order chi connectivity index (χ1) is 8.27. The van der Waals surface area contributed by atoms with Crippen molar-refractivity contribution in [2.45, 2.75) is 45.2 Å². The molecule has 2 N–H and O–H groups in total. The average Bonchev–Trinajstić information content (AvgIpc) is 2.86. The van der Waals surface area contributed by atoms with Gasteiger partial charge in [-0.2, -0.15) is 0 Å². The molecule has 3 nitrogen and oxygen atoms in total. The Morgan fingerprint density at radius 3 is 2.76 bits per heavy atom. The summed E-state index contributed by atoms with van der Waals surface area (Å²) in [4.78, 5) is 6.28. The van der Waals surface area contributed by atoms with Gasteiger partial charge in [0.05, 0.1) is 0 Å². The predicted octanol–water partition coefficient (Wildman–Crippen LogP) is 2.45. The van der Waals surface area contributed by atoms with E-state index in [1.54, 1.807) is 12.3 Å². The highest BCUT2D eigenvalue weighted by Gasteiger charge is 2.25. The molecule has 0 aromatic carbocycles. The Morgan fingerprint density at radius 2 is 2.18 bits per heavy atom. The molecule has 1 aromatic rings. The molecule has 0 spiro atoms. The standard InChI is InChI=1S/C13H20FN3/c1-2-17(11-5-3-4-6-11)13-12(14)10(9-15)7-8-16-13/h7-8,11H,2-6,9,15H2,1H3. The highest BCUT2D eigenvalue weighted by molar-refractivity contribution is 5.44. The van der Waals surface area contributed by atoms with Gasteiger partial charge in [0.2, 0.25) is 0 Å². The van der Waals surface area contributed by atoms with Crippen LogP contribution in [0.2, 0.25) is 0 Å². The third-order valence-corrected chi connectivity index (χ3v) is 3.55. The zero-order valence-electron chi connectivity index (χ0n) is 10.3. The fraction of sp³-hybridized carbons (Fsp3) is 0.615. The number of nitrogens with zero attached hydrogens (tertiary/aromatic N) is 2. The molecule has 2 rings (SSSR count). The number of pyridine rings is 1. The van der Waals surface area contributed by atoms with E-state index in [-0.39, 0.29) is 12.4 Å². The molecule has 0 aliphatic heterocycles. The van der Waals surface area contributed by atoms with Crippen LogP contribution in [0.5, 0.6) is 0 Å². The van der Waals surface area contributed by atoms with E-state index in [2.05, 4.69) is 16.8 Å². The van der Waals surface area contributed by atoms with Gasteiger partial charge in [-0.05, 0) is 25.8 Å². The topological polar surface area (TPSA) is 42.2 Å². The van der Waals surface area contributed by atoms with Crippen molar-refractivity contribution in [3.8, 4) is 0 Å². The lowest BCUT2D eigenvalue weighted by Gasteiger charge is -2.29. The van der Waals surface area contributed by atoms with Crippen LogP contribution < -0.4 is 10.6 Å². The number of hydrogen-bond donors (Lipinski definition) is 1. The van der Waals surface area contributed by atoms with Crippen LogP contribution in [0.4, 0.5) is 10.2 Å². The summed E-state index contributed by atoms with van der Waals surface area (Å²) >= 11 is 0. The zero-order chi connectivity index (χ0) is 12.3. The first-order valence-corrected chi connectivity index (χ1v) is 6.38. The molecule has 4 heteroatoms. The van der Waals surface area contributed by atoms with E-state index < -0.39 is 0 Å². The van der Waals surface area contributed by atoms with Crippen LogP contribution >= 0.6 is 0 Å². The summed E-state index contributed by atoms with van der Waals surface area (Å²) in [7, 11) is 0. The van der Waals surface area contributed by atoms with Crippen molar-refractivity contribution in [2.75, 3.05) is 11.4 Å². The molecule has 0 amide bonds. The van der Waals surface area contributed by atoms with Gasteiger partial charge in [-0.15, -0.1) is 0 Å². The Balaban J connectivity index is 2.29. The summed E-state index contributed by atoms with van der Waals surface area (Å²) in [6.45, 7) is 3.07. The second kappa shape index (κ2) is 5.45. The number of nitrogens with two attached hydrogens (primary N) is 1. The summed E-state index contributed by atoms with van der Waals surface area (Å²) in [5, 5.41) is 0. The molecular formula is C13H20FN3. The quantitative estimate of drug-likeness (QED) is 0.874. The molecule has 1 aromatic heterocycles. The van der Waals surface area contributed by atoms with Crippen LogP contribution in [0, 0.1) is 5.82 Å². The van der Waals surface area contributed by atoms with Gasteiger partial charge in [0.25, 0.3) is 0 Å². The van der Waals surface area contributed by atoms with Crippen LogP contribution in [0.1, 0.15) is 38.2 Å². The third-order valence-electron chi connectivity index (χ3n) is 3.55. The van der Waals surface area contributed by atoms with Gasteiger partial charge < -0.3 is 10.6 Å². The lowest BCUT2D eigenvalue weighted by molar-refractivity contribution is 0.560. The molecule has 94 valence electrons. The van der Waals surface area contributed by atoms with Crippen LogP contribution in [0.15, 0.2) is 12.3 Å². The van der Waals surface area contributed by atoms with Crippen molar-refractivity contribution in [1.29, 1.82) is 0 Å². The van der Waals surface area contributed by atoms with Gasteiger partial charge in [0, 0.05) is 30.9 Å². The molecule has 0 saturated heterocycles. The summed E-state index contributed by atoms with van der Waals surface area (Å²) in [5.74, 6) is 0.228. The van der Waals surface area contributed by atoms with Crippen molar-refractivity contribution in [3.63, 3.8) is 0 Å². The molecule has 0 unspecified atom stereocenters. The molecule has 1 aliphatic carbocycles. The Kier molecular flexibility index (Phi) is 3.94.